The Morgan fingerprint density at radius 2 is 2.00 bits per heavy atom. The molecule has 0 saturated heterocycles. The molecule has 0 spiro atoms. The van der Waals surface area contributed by atoms with Gasteiger partial charge >= 0.3 is 5.97 Å². The van der Waals surface area contributed by atoms with Gasteiger partial charge in [-0.3, -0.25) is 4.98 Å². The van der Waals surface area contributed by atoms with E-state index in [4.69, 9.17) is 21.4 Å². The molecule has 2 rings (SSSR count). The molecule has 0 aliphatic rings. The fourth-order valence-corrected chi connectivity index (χ4v) is 2.00. The van der Waals surface area contributed by atoms with Gasteiger partial charge in [0.1, 0.15) is 11.4 Å². The molecular formula is C13H11ClN2O3. The molecule has 5 nitrogen and oxygen atoms in total. The van der Waals surface area contributed by atoms with Crippen molar-refractivity contribution in [1.82, 2.24) is 9.97 Å². The fourth-order valence-electron chi connectivity index (χ4n) is 1.76. The van der Waals surface area contributed by atoms with Crippen molar-refractivity contribution < 1.29 is 14.6 Å². The van der Waals surface area contributed by atoms with Gasteiger partial charge in [-0.25, -0.2) is 9.78 Å². The molecule has 1 heterocycles. The summed E-state index contributed by atoms with van der Waals surface area (Å²) in [5.41, 5.74) is 1.62. The number of hydrogen-bond acceptors (Lipinski definition) is 4. The Morgan fingerprint density at radius 3 is 2.63 bits per heavy atom. The molecule has 19 heavy (non-hydrogen) atoms. The molecule has 0 bridgehead atoms. The number of aromatic carboxylic acids is 1. The highest BCUT2D eigenvalue weighted by Crippen LogP contribution is 2.33. The highest BCUT2D eigenvalue weighted by molar-refractivity contribution is 6.32. The number of ether oxygens (including phenoxy) is 1. The lowest BCUT2D eigenvalue weighted by Gasteiger charge is -2.10. The van der Waals surface area contributed by atoms with E-state index in [0.29, 0.717) is 16.3 Å². The third-order valence-corrected chi connectivity index (χ3v) is 2.95. The van der Waals surface area contributed by atoms with E-state index in [2.05, 4.69) is 9.97 Å². The quantitative estimate of drug-likeness (QED) is 0.934. The summed E-state index contributed by atoms with van der Waals surface area (Å²) < 4.78 is 5.11. The molecule has 6 heteroatoms. The van der Waals surface area contributed by atoms with Crippen molar-refractivity contribution in [3.63, 3.8) is 0 Å². The lowest BCUT2D eigenvalue weighted by molar-refractivity contribution is 0.0691. The summed E-state index contributed by atoms with van der Waals surface area (Å²) in [6.07, 6.45) is 2.78. The highest BCUT2D eigenvalue weighted by Gasteiger charge is 2.17. The molecule has 0 fully saturated rings. The number of carboxylic acids is 1. The van der Waals surface area contributed by atoms with E-state index < -0.39 is 5.97 Å². The number of carbonyl (C=O) groups is 1. The lowest BCUT2D eigenvalue weighted by Crippen LogP contribution is -2.05. The van der Waals surface area contributed by atoms with E-state index in [1.54, 1.807) is 12.1 Å². The van der Waals surface area contributed by atoms with E-state index in [0.717, 1.165) is 5.56 Å². The topological polar surface area (TPSA) is 72.3 Å². The maximum Gasteiger partial charge on any atom is 0.356 e. The van der Waals surface area contributed by atoms with Crippen LogP contribution < -0.4 is 4.74 Å². The highest BCUT2D eigenvalue weighted by atomic mass is 35.5. The van der Waals surface area contributed by atoms with E-state index in [1.165, 1.54) is 19.5 Å². The van der Waals surface area contributed by atoms with Gasteiger partial charge in [0.05, 0.1) is 12.1 Å². The van der Waals surface area contributed by atoms with Gasteiger partial charge in [-0.2, -0.15) is 0 Å². The van der Waals surface area contributed by atoms with Gasteiger partial charge in [-0.1, -0.05) is 11.6 Å². The number of halogens is 1. The summed E-state index contributed by atoms with van der Waals surface area (Å²) in [5, 5.41) is 9.52. The number of aromatic nitrogens is 2. The Bertz CT molecular complexity index is 644. The Morgan fingerprint density at radius 1 is 1.32 bits per heavy atom. The second-order valence-electron chi connectivity index (χ2n) is 3.86. The van der Waals surface area contributed by atoms with Gasteiger partial charge in [0, 0.05) is 18.0 Å². The Balaban J connectivity index is 2.66. The minimum Gasteiger partial charge on any atom is -0.495 e. The number of aryl methyl sites for hydroxylation is 1. The molecule has 0 atom stereocenters. The minimum absolute atomic E-state index is 0.105. The summed E-state index contributed by atoms with van der Waals surface area (Å²) in [6, 6.07) is 3.37. The predicted molar refractivity (Wildman–Crippen MR) is 70.7 cm³/mol. The van der Waals surface area contributed by atoms with Crippen LogP contribution in [-0.2, 0) is 0 Å². The number of carboxylic acid groups (broad SMARTS) is 1. The smallest absolute Gasteiger partial charge is 0.356 e. The molecule has 0 aliphatic heterocycles. The van der Waals surface area contributed by atoms with Crippen LogP contribution in [0, 0.1) is 6.92 Å². The van der Waals surface area contributed by atoms with E-state index in [9.17, 15) is 4.79 Å². The van der Waals surface area contributed by atoms with Crippen molar-refractivity contribution in [2.45, 2.75) is 6.92 Å². The summed E-state index contributed by atoms with van der Waals surface area (Å²) >= 11 is 6.06. The molecule has 0 unspecified atom stereocenters. The third kappa shape index (κ3) is 2.51. The van der Waals surface area contributed by atoms with Gasteiger partial charge in [-0.15, -0.1) is 0 Å². The summed E-state index contributed by atoms with van der Waals surface area (Å²) in [7, 11) is 1.52. The van der Waals surface area contributed by atoms with Crippen LogP contribution in [0.15, 0.2) is 24.5 Å². The van der Waals surface area contributed by atoms with E-state index in [1.807, 2.05) is 6.92 Å². The second-order valence-corrected chi connectivity index (χ2v) is 4.27. The Hall–Kier alpha value is -2.14. The monoisotopic (exact) mass is 278 g/mol. The summed E-state index contributed by atoms with van der Waals surface area (Å²) in [4.78, 5) is 19.1. The van der Waals surface area contributed by atoms with Crippen LogP contribution in [0.4, 0.5) is 0 Å². The van der Waals surface area contributed by atoms with Crippen molar-refractivity contribution in [3.05, 3.63) is 40.8 Å². The van der Waals surface area contributed by atoms with Gasteiger partial charge < -0.3 is 9.84 Å². The second kappa shape index (κ2) is 5.24. The molecule has 0 saturated carbocycles. The van der Waals surface area contributed by atoms with Crippen LogP contribution >= 0.6 is 11.6 Å². The van der Waals surface area contributed by atoms with Crippen LogP contribution in [0.3, 0.4) is 0 Å². The molecule has 0 radical (unpaired) electrons. The number of benzene rings is 1. The zero-order chi connectivity index (χ0) is 14.0. The molecule has 1 aromatic heterocycles. The van der Waals surface area contributed by atoms with Gasteiger partial charge in [-0.05, 0) is 24.6 Å². The third-order valence-electron chi connectivity index (χ3n) is 2.65. The zero-order valence-electron chi connectivity index (χ0n) is 10.3. The maximum absolute atomic E-state index is 11.2. The summed E-state index contributed by atoms with van der Waals surface area (Å²) in [5.74, 6) is -0.599. The number of hydrogen-bond donors (Lipinski definition) is 1. The first kappa shape index (κ1) is 13.3. The fraction of sp³-hybridized carbons (Fsp3) is 0.154. The van der Waals surface area contributed by atoms with Crippen LogP contribution in [0.2, 0.25) is 5.02 Å². The molecule has 0 aliphatic carbocycles. The lowest BCUT2D eigenvalue weighted by atomic mass is 10.0. The maximum atomic E-state index is 11.2. The Kier molecular flexibility index (Phi) is 3.66. The number of rotatable bonds is 3. The first-order chi connectivity index (χ1) is 9.04. The van der Waals surface area contributed by atoms with E-state index >= 15 is 0 Å². The minimum atomic E-state index is -1.13. The van der Waals surface area contributed by atoms with Crippen molar-refractivity contribution in [3.8, 4) is 17.0 Å². The predicted octanol–water partition coefficient (Wildman–Crippen LogP) is 2.81. The SMILES string of the molecule is COc1cc(C)c(-c2nccnc2C(=O)O)cc1Cl. The van der Waals surface area contributed by atoms with Crippen LogP contribution in [0.5, 0.6) is 5.75 Å². The van der Waals surface area contributed by atoms with Crippen molar-refractivity contribution in [2.24, 2.45) is 0 Å². The van der Waals surface area contributed by atoms with Crippen LogP contribution in [0.1, 0.15) is 16.1 Å². The molecule has 98 valence electrons. The summed E-state index contributed by atoms with van der Waals surface area (Å²) in [6.45, 7) is 1.83. The average Bonchev–Trinajstić information content (AvgIpc) is 2.40. The van der Waals surface area contributed by atoms with Gasteiger partial charge in [0.15, 0.2) is 5.69 Å². The first-order valence-electron chi connectivity index (χ1n) is 5.43. The largest absolute Gasteiger partial charge is 0.495 e. The van der Waals surface area contributed by atoms with Crippen LogP contribution in [-0.4, -0.2) is 28.2 Å². The van der Waals surface area contributed by atoms with Gasteiger partial charge in [0.2, 0.25) is 0 Å². The van der Waals surface area contributed by atoms with Crippen molar-refractivity contribution in [2.75, 3.05) is 7.11 Å². The zero-order valence-corrected chi connectivity index (χ0v) is 11.1. The standard InChI is InChI=1S/C13H11ClN2O3/c1-7-5-10(19-2)9(14)6-8(7)11-12(13(17)18)16-4-3-15-11/h3-6H,1-2H3,(H,17,18). The van der Waals surface area contributed by atoms with Crippen LogP contribution in [0.25, 0.3) is 11.3 Å². The number of methoxy groups -OCH3 is 1. The first-order valence-corrected chi connectivity index (χ1v) is 5.81. The molecular weight excluding hydrogens is 268 g/mol. The normalized spacial score (nSPS) is 10.3. The molecule has 0 amide bonds. The molecule has 1 aromatic carbocycles. The van der Waals surface area contributed by atoms with E-state index in [-0.39, 0.29) is 11.4 Å². The Labute approximate surface area is 114 Å². The van der Waals surface area contributed by atoms with Gasteiger partial charge in [0.25, 0.3) is 0 Å². The van der Waals surface area contributed by atoms with Crippen molar-refractivity contribution in [1.29, 1.82) is 0 Å². The number of nitrogens with zero attached hydrogens (tertiary/aromatic N) is 2. The molecule has 2 aromatic rings. The molecule has 1 N–H and O–H groups in total. The van der Waals surface area contributed by atoms with Crippen molar-refractivity contribution >= 4 is 17.6 Å². The average molecular weight is 279 g/mol.